The highest BCUT2D eigenvalue weighted by Gasteiger charge is 2.53. The molecule has 0 saturated heterocycles. The molecule has 0 amide bonds. The Morgan fingerprint density at radius 2 is 1.29 bits per heavy atom. The molecule has 2 nitrogen and oxygen atoms in total. The van der Waals surface area contributed by atoms with E-state index in [1.54, 1.807) is 0 Å². The fraction of sp³-hybridized carbons (Fsp3) is 0.125. The molecule has 34 heavy (non-hydrogen) atoms. The van der Waals surface area contributed by atoms with Gasteiger partial charge in [0.1, 0.15) is 11.3 Å². The Balaban J connectivity index is 1.65. The van der Waals surface area contributed by atoms with Crippen LogP contribution in [0.15, 0.2) is 121 Å². The Kier molecular flexibility index (Phi) is 4.36. The molecule has 1 atom stereocenters. The molecule has 2 aliphatic heterocycles. The van der Waals surface area contributed by atoms with Gasteiger partial charge in [0.2, 0.25) is 0 Å². The topological polar surface area (TPSA) is 12.5 Å². The van der Waals surface area contributed by atoms with Crippen LogP contribution >= 0.6 is 0 Å². The molecule has 1 unspecified atom stereocenters. The summed E-state index contributed by atoms with van der Waals surface area (Å²) in [6, 6.07) is 43.8. The van der Waals surface area contributed by atoms with Gasteiger partial charge in [-0.05, 0) is 39.9 Å². The van der Waals surface area contributed by atoms with Crippen LogP contribution in [0, 0.1) is 0 Å². The molecule has 0 aliphatic carbocycles. The lowest BCUT2D eigenvalue weighted by molar-refractivity contribution is -0.0569. The fourth-order valence-corrected chi connectivity index (χ4v) is 6.13. The van der Waals surface area contributed by atoms with Crippen LogP contribution in [0.25, 0.3) is 10.8 Å². The van der Waals surface area contributed by atoms with E-state index in [0.29, 0.717) is 0 Å². The third-order valence-corrected chi connectivity index (χ3v) is 7.53. The third kappa shape index (κ3) is 2.66. The van der Waals surface area contributed by atoms with Crippen LogP contribution in [0.5, 0.6) is 5.75 Å². The molecule has 0 radical (unpaired) electrons. The lowest BCUT2D eigenvalue weighted by Gasteiger charge is -2.54. The first-order chi connectivity index (χ1) is 16.9. The Morgan fingerprint density at radius 3 is 2.06 bits per heavy atom. The van der Waals surface area contributed by atoms with Crippen LogP contribution in [0.2, 0.25) is 0 Å². The van der Waals surface area contributed by atoms with Crippen molar-refractivity contribution in [3.8, 4) is 5.75 Å². The van der Waals surface area contributed by atoms with E-state index < -0.39 is 5.54 Å². The molecule has 5 aromatic rings. The van der Waals surface area contributed by atoms with Gasteiger partial charge in [0.25, 0.3) is 0 Å². The normalized spacial score (nSPS) is 18.4. The van der Waals surface area contributed by atoms with Crippen LogP contribution in [0.4, 0.5) is 0 Å². The summed E-state index contributed by atoms with van der Waals surface area (Å²) in [6.07, 6.45) is 0.844. The van der Waals surface area contributed by atoms with Crippen molar-refractivity contribution in [3.05, 3.63) is 149 Å². The minimum atomic E-state index is -0.477. The largest absolute Gasteiger partial charge is 0.470 e. The van der Waals surface area contributed by atoms with Crippen molar-refractivity contribution in [3.63, 3.8) is 0 Å². The molecular weight excluding hydrogens is 414 g/mol. The molecule has 0 bridgehead atoms. The predicted octanol–water partition coefficient (Wildman–Crippen LogP) is 7.08. The van der Waals surface area contributed by atoms with Gasteiger partial charge in [-0.25, -0.2) is 4.90 Å². The van der Waals surface area contributed by atoms with Crippen LogP contribution in [-0.2, 0) is 12.0 Å². The second-order valence-electron chi connectivity index (χ2n) is 9.21. The molecule has 2 aliphatic rings. The highest BCUT2D eigenvalue weighted by Crippen LogP contribution is 2.56. The number of hydrogen-bond donors (Lipinski definition) is 0. The van der Waals surface area contributed by atoms with Gasteiger partial charge in [-0.2, -0.15) is 0 Å². The van der Waals surface area contributed by atoms with Gasteiger partial charge in [-0.15, -0.1) is 0 Å². The van der Waals surface area contributed by atoms with Gasteiger partial charge in [0.15, 0.2) is 6.23 Å². The number of fused-ring (bicyclic) bond motifs is 6. The van der Waals surface area contributed by atoms with Crippen molar-refractivity contribution in [2.24, 2.45) is 0 Å². The lowest BCUT2D eigenvalue weighted by Crippen LogP contribution is -2.56. The maximum atomic E-state index is 6.89. The molecule has 0 saturated carbocycles. The third-order valence-electron chi connectivity index (χ3n) is 7.53. The second kappa shape index (κ2) is 7.58. The minimum Gasteiger partial charge on any atom is -0.470 e. The first kappa shape index (κ1) is 19.6. The van der Waals surface area contributed by atoms with Crippen molar-refractivity contribution in [2.45, 2.75) is 18.2 Å². The molecule has 5 aromatic carbocycles. The van der Waals surface area contributed by atoms with Crippen LogP contribution in [0.1, 0.15) is 34.0 Å². The minimum absolute atomic E-state index is 0.154. The number of ether oxygens (including phenoxy) is 1. The summed E-state index contributed by atoms with van der Waals surface area (Å²) in [5, 5.41) is 2.47. The summed E-state index contributed by atoms with van der Waals surface area (Å²) in [5.41, 5.74) is 5.94. The van der Waals surface area contributed by atoms with Crippen molar-refractivity contribution in [2.75, 3.05) is 6.54 Å². The van der Waals surface area contributed by atoms with Gasteiger partial charge in [0.05, 0.1) is 0 Å². The maximum absolute atomic E-state index is 6.89. The maximum Gasteiger partial charge on any atom is 0.180 e. The van der Waals surface area contributed by atoms with Crippen LogP contribution in [-0.4, -0.2) is 11.4 Å². The number of benzene rings is 5. The Hall–Kier alpha value is -3.88. The van der Waals surface area contributed by atoms with Gasteiger partial charge in [0, 0.05) is 17.7 Å². The van der Waals surface area contributed by atoms with Gasteiger partial charge < -0.3 is 4.74 Å². The zero-order chi connectivity index (χ0) is 22.5. The monoisotopic (exact) mass is 439 g/mol. The average Bonchev–Trinajstić information content (AvgIpc) is 2.92. The molecule has 0 fully saturated rings. The summed E-state index contributed by atoms with van der Waals surface area (Å²) in [5.74, 6) is 0.962. The molecule has 164 valence electrons. The van der Waals surface area contributed by atoms with Crippen LogP contribution in [0.3, 0.4) is 0 Å². The van der Waals surface area contributed by atoms with E-state index in [2.05, 4.69) is 126 Å². The SMILES string of the molecule is c1ccc(C2(c3ccccc3)c3c(ccc4ccccc34)OC3c4ccccc4CCN32)cc1. The zero-order valence-corrected chi connectivity index (χ0v) is 18.9. The van der Waals surface area contributed by atoms with E-state index >= 15 is 0 Å². The van der Waals surface area contributed by atoms with E-state index in [1.165, 1.54) is 38.6 Å². The van der Waals surface area contributed by atoms with Crippen LogP contribution < -0.4 is 4.74 Å². The highest BCUT2D eigenvalue weighted by molar-refractivity contribution is 5.90. The van der Waals surface area contributed by atoms with Gasteiger partial charge in [-0.3, -0.25) is 0 Å². The molecule has 2 heteroatoms. The van der Waals surface area contributed by atoms with Crippen molar-refractivity contribution < 1.29 is 4.74 Å². The predicted molar refractivity (Wildman–Crippen MR) is 137 cm³/mol. The highest BCUT2D eigenvalue weighted by atomic mass is 16.5. The Labute approximate surface area is 200 Å². The molecule has 0 spiro atoms. The Morgan fingerprint density at radius 1 is 0.647 bits per heavy atom. The Bertz CT molecular complexity index is 1450. The first-order valence-corrected chi connectivity index (χ1v) is 12.0. The number of rotatable bonds is 2. The van der Waals surface area contributed by atoms with Crippen molar-refractivity contribution in [1.29, 1.82) is 0 Å². The molecule has 7 rings (SSSR count). The van der Waals surface area contributed by atoms with Gasteiger partial charge in [-0.1, -0.05) is 115 Å². The number of hydrogen-bond acceptors (Lipinski definition) is 2. The standard InChI is InChI=1S/C32H25NO/c1-3-13-25(14-4-1)32(26-15-5-2-6-16-26)30-27-17-9-7-11-23(27)19-20-29(30)34-31-28-18-10-8-12-24(28)21-22-33(31)32/h1-20,31H,21-22H2. The van der Waals surface area contributed by atoms with Crippen molar-refractivity contribution in [1.82, 2.24) is 4.90 Å². The summed E-state index contributed by atoms with van der Waals surface area (Å²) in [7, 11) is 0. The summed E-state index contributed by atoms with van der Waals surface area (Å²) in [6.45, 7) is 0.911. The van der Waals surface area contributed by atoms with Gasteiger partial charge >= 0.3 is 0 Å². The van der Waals surface area contributed by atoms with E-state index in [-0.39, 0.29) is 6.23 Å². The summed E-state index contributed by atoms with van der Waals surface area (Å²) in [4.78, 5) is 2.59. The summed E-state index contributed by atoms with van der Waals surface area (Å²) < 4.78 is 6.89. The smallest absolute Gasteiger partial charge is 0.180 e. The first-order valence-electron chi connectivity index (χ1n) is 12.0. The summed E-state index contributed by atoms with van der Waals surface area (Å²) >= 11 is 0. The van der Waals surface area contributed by atoms with Crippen molar-refractivity contribution >= 4 is 10.8 Å². The van der Waals surface area contributed by atoms with E-state index in [9.17, 15) is 0 Å². The lowest BCUT2D eigenvalue weighted by atomic mass is 9.71. The fourth-order valence-electron chi connectivity index (χ4n) is 6.13. The second-order valence-corrected chi connectivity index (χ2v) is 9.21. The average molecular weight is 440 g/mol. The number of nitrogens with zero attached hydrogens (tertiary/aromatic N) is 1. The molecule has 0 aromatic heterocycles. The van der Waals surface area contributed by atoms with E-state index in [1.807, 2.05) is 0 Å². The van der Waals surface area contributed by atoms with E-state index in [0.717, 1.165) is 18.7 Å². The molecular formula is C32H25NO. The quantitative estimate of drug-likeness (QED) is 0.291. The molecule has 2 heterocycles. The molecule has 0 N–H and O–H groups in total. The van der Waals surface area contributed by atoms with E-state index in [4.69, 9.17) is 4.74 Å². The zero-order valence-electron chi connectivity index (χ0n) is 18.9.